The summed E-state index contributed by atoms with van der Waals surface area (Å²) >= 11 is 12.1. The number of hydrogen-bond acceptors (Lipinski definition) is 3. The molecule has 0 saturated carbocycles. The minimum absolute atomic E-state index is 0.0524. The molecule has 0 saturated heterocycles. The molecule has 1 amide bonds. The van der Waals surface area contributed by atoms with Crippen LogP contribution in [0.2, 0.25) is 10.0 Å². The van der Waals surface area contributed by atoms with Gasteiger partial charge in [-0.1, -0.05) is 43.1 Å². The normalized spacial score (nSPS) is 12.0. The first-order valence-corrected chi connectivity index (χ1v) is 8.32. The Morgan fingerprint density at radius 2 is 1.79 bits per heavy atom. The second-order valence-electron chi connectivity index (χ2n) is 5.76. The Hall–Kier alpha value is -1.91. The Labute approximate surface area is 151 Å². The summed E-state index contributed by atoms with van der Waals surface area (Å²) in [6.07, 6.45) is 3.37. The van der Waals surface area contributed by atoms with Gasteiger partial charge in [-0.2, -0.15) is 0 Å². The first-order valence-electron chi connectivity index (χ1n) is 7.57. The van der Waals surface area contributed by atoms with Gasteiger partial charge in [-0.3, -0.25) is 14.6 Å². The molecule has 0 unspecified atom stereocenters. The number of nitrogens with zero attached hydrogens (tertiary/aromatic N) is 1. The zero-order valence-electron chi connectivity index (χ0n) is 13.4. The van der Waals surface area contributed by atoms with Crippen molar-refractivity contribution < 1.29 is 9.59 Å². The van der Waals surface area contributed by atoms with Gasteiger partial charge < -0.3 is 5.32 Å². The standard InChI is InChI=1S/C18H18Cl2N2O2/c1-11(2)17(23)16(9-13-3-4-14(19)10-15(13)20)22-18(24)12-5-7-21-8-6-12/h3-8,10-11,16H,9H2,1-2H3,(H,22,24)/t16-/m1/s1. The summed E-state index contributed by atoms with van der Waals surface area (Å²) in [5.41, 5.74) is 1.21. The van der Waals surface area contributed by atoms with E-state index < -0.39 is 6.04 Å². The van der Waals surface area contributed by atoms with Crippen LogP contribution in [0.3, 0.4) is 0 Å². The second kappa shape index (κ2) is 8.27. The largest absolute Gasteiger partial charge is 0.342 e. The first-order chi connectivity index (χ1) is 11.4. The van der Waals surface area contributed by atoms with E-state index >= 15 is 0 Å². The summed E-state index contributed by atoms with van der Waals surface area (Å²) in [4.78, 5) is 28.7. The van der Waals surface area contributed by atoms with Gasteiger partial charge in [0.05, 0.1) is 6.04 Å². The lowest BCUT2D eigenvalue weighted by atomic mass is 9.95. The fraction of sp³-hybridized carbons (Fsp3) is 0.278. The molecule has 0 aliphatic carbocycles. The molecule has 1 aromatic heterocycles. The molecule has 0 bridgehead atoms. The van der Waals surface area contributed by atoms with Gasteiger partial charge in [0.25, 0.3) is 5.91 Å². The van der Waals surface area contributed by atoms with Gasteiger partial charge in [0.15, 0.2) is 5.78 Å². The fourth-order valence-electron chi connectivity index (χ4n) is 2.28. The van der Waals surface area contributed by atoms with Crippen LogP contribution in [-0.4, -0.2) is 22.7 Å². The number of rotatable bonds is 6. The molecule has 1 aromatic carbocycles. The van der Waals surface area contributed by atoms with Crippen LogP contribution in [0.15, 0.2) is 42.7 Å². The number of Topliss-reactive ketones (excluding diaryl/α,β-unsaturated/α-hetero) is 1. The Morgan fingerprint density at radius 3 is 2.38 bits per heavy atom. The van der Waals surface area contributed by atoms with Gasteiger partial charge in [-0.25, -0.2) is 0 Å². The van der Waals surface area contributed by atoms with Gasteiger partial charge in [0, 0.05) is 40.3 Å². The summed E-state index contributed by atoms with van der Waals surface area (Å²) in [6.45, 7) is 3.61. The molecule has 0 fully saturated rings. The van der Waals surface area contributed by atoms with Crippen molar-refractivity contribution in [3.05, 3.63) is 63.9 Å². The number of aromatic nitrogens is 1. The summed E-state index contributed by atoms with van der Waals surface area (Å²) in [5.74, 6) is -0.580. The second-order valence-corrected chi connectivity index (χ2v) is 6.60. The Bertz CT molecular complexity index is 733. The topological polar surface area (TPSA) is 59.1 Å². The number of ketones is 1. The smallest absolute Gasteiger partial charge is 0.251 e. The zero-order valence-corrected chi connectivity index (χ0v) is 14.9. The highest BCUT2D eigenvalue weighted by Crippen LogP contribution is 2.23. The highest BCUT2D eigenvalue weighted by molar-refractivity contribution is 6.35. The van der Waals surface area contributed by atoms with Crippen LogP contribution in [0, 0.1) is 5.92 Å². The van der Waals surface area contributed by atoms with Crippen LogP contribution in [0.5, 0.6) is 0 Å². The molecule has 4 nitrogen and oxygen atoms in total. The molecule has 126 valence electrons. The molecule has 1 N–H and O–H groups in total. The Morgan fingerprint density at radius 1 is 1.12 bits per heavy atom. The molecule has 1 heterocycles. The lowest BCUT2D eigenvalue weighted by Crippen LogP contribution is -2.44. The molecule has 6 heteroatoms. The van der Waals surface area contributed by atoms with Gasteiger partial charge >= 0.3 is 0 Å². The molecular formula is C18H18Cl2N2O2. The van der Waals surface area contributed by atoms with Crippen LogP contribution < -0.4 is 5.32 Å². The summed E-state index contributed by atoms with van der Waals surface area (Å²) < 4.78 is 0. The minimum Gasteiger partial charge on any atom is -0.342 e. The average Bonchev–Trinajstić information content (AvgIpc) is 2.56. The van der Waals surface area contributed by atoms with Crippen molar-refractivity contribution in [2.24, 2.45) is 5.92 Å². The van der Waals surface area contributed by atoms with Gasteiger partial charge in [0.1, 0.15) is 0 Å². The highest BCUT2D eigenvalue weighted by atomic mass is 35.5. The van der Waals surface area contributed by atoms with Crippen LogP contribution in [-0.2, 0) is 11.2 Å². The predicted molar refractivity (Wildman–Crippen MR) is 95.5 cm³/mol. The van der Waals surface area contributed by atoms with Gasteiger partial charge in [-0.15, -0.1) is 0 Å². The first kappa shape index (κ1) is 18.4. The Kier molecular flexibility index (Phi) is 6.35. The molecule has 0 aliphatic heterocycles. The van der Waals surface area contributed by atoms with E-state index in [1.807, 2.05) is 0 Å². The maximum absolute atomic E-state index is 12.5. The Balaban J connectivity index is 2.22. The molecule has 24 heavy (non-hydrogen) atoms. The third-order valence-electron chi connectivity index (χ3n) is 3.60. The summed E-state index contributed by atoms with van der Waals surface area (Å²) in [5, 5.41) is 3.80. The van der Waals surface area contributed by atoms with E-state index in [1.165, 1.54) is 12.4 Å². The predicted octanol–water partition coefficient (Wildman–Crippen LogP) is 3.95. The summed E-state index contributed by atoms with van der Waals surface area (Å²) in [7, 11) is 0. The van der Waals surface area contributed by atoms with E-state index in [4.69, 9.17) is 23.2 Å². The number of halogens is 2. The lowest BCUT2D eigenvalue weighted by molar-refractivity contribution is -0.123. The van der Waals surface area contributed by atoms with Crippen LogP contribution in [0.4, 0.5) is 0 Å². The van der Waals surface area contributed by atoms with E-state index in [2.05, 4.69) is 10.3 Å². The van der Waals surface area contributed by atoms with Gasteiger partial charge in [0.2, 0.25) is 0 Å². The maximum Gasteiger partial charge on any atom is 0.251 e. The van der Waals surface area contributed by atoms with E-state index in [-0.39, 0.29) is 17.6 Å². The molecule has 2 rings (SSSR count). The number of amides is 1. The lowest BCUT2D eigenvalue weighted by Gasteiger charge is -2.20. The van der Waals surface area contributed by atoms with E-state index in [9.17, 15) is 9.59 Å². The van der Waals surface area contributed by atoms with Crippen molar-refractivity contribution in [2.45, 2.75) is 26.3 Å². The van der Waals surface area contributed by atoms with E-state index in [0.717, 1.165) is 5.56 Å². The summed E-state index contributed by atoms with van der Waals surface area (Å²) in [6, 6.07) is 7.64. The number of carbonyl (C=O) groups is 2. The van der Waals surface area contributed by atoms with Crippen molar-refractivity contribution in [2.75, 3.05) is 0 Å². The fourth-order valence-corrected chi connectivity index (χ4v) is 2.76. The van der Waals surface area contributed by atoms with Crippen LogP contribution in [0.1, 0.15) is 29.8 Å². The van der Waals surface area contributed by atoms with E-state index in [1.54, 1.807) is 44.2 Å². The molecule has 2 aromatic rings. The molecule has 0 radical (unpaired) electrons. The number of pyridine rings is 1. The number of nitrogens with one attached hydrogen (secondary N) is 1. The molecule has 0 aliphatic rings. The third kappa shape index (κ3) is 4.79. The quantitative estimate of drug-likeness (QED) is 0.843. The highest BCUT2D eigenvalue weighted by Gasteiger charge is 2.24. The number of benzene rings is 1. The monoisotopic (exact) mass is 364 g/mol. The number of carbonyl (C=O) groups excluding carboxylic acids is 2. The third-order valence-corrected chi connectivity index (χ3v) is 4.19. The van der Waals surface area contributed by atoms with Crippen LogP contribution >= 0.6 is 23.2 Å². The molecule has 0 spiro atoms. The van der Waals surface area contributed by atoms with Crippen LogP contribution in [0.25, 0.3) is 0 Å². The van der Waals surface area contributed by atoms with Crippen molar-refractivity contribution in [3.63, 3.8) is 0 Å². The average molecular weight is 365 g/mol. The molecule has 1 atom stereocenters. The van der Waals surface area contributed by atoms with Crippen molar-refractivity contribution in [3.8, 4) is 0 Å². The maximum atomic E-state index is 12.5. The van der Waals surface area contributed by atoms with E-state index in [0.29, 0.717) is 22.0 Å². The minimum atomic E-state index is -0.663. The van der Waals surface area contributed by atoms with Gasteiger partial charge in [-0.05, 0) is 29.8 Å². The molecular weight excluding hydrogens is 347 g/mol. The zero-order chi connectivity index (χ0) is 17.7. The van der Waals surface area contributed by atoms with Crippen molar-refractivity contribution in [1.29, 1.82) is 0 Å². The van der Waals surface area contributed by atoms with Crippen molar-refractivity contribution >= 4 is 34.9 Å². The SMILES string of the molecule is CC(C)C(=O)[C@@H](Cc1ccc(Cl)cc1Cl)NC(=O)c1ccncc1. The number of hydrogen-bond donors (Lipinski definition) is 1. The van der Waals surface area contributed by atoms with Crippen molar-refractivity contribution in [1.82, 2.24) is 10.3 Å².